The van der Waals surface area contributed by atoms with Crippen molar-refractivity contribution in [1.29, 1.82) is 0 Å². The smallest absolute Gasteiger partial charge is 0.248 e. The molecule has 3 heteroatoms. The number of nitrogens with two attached hydrogens (primary N) is 1. The van der Waals surface area contributed by atoms with Gasteiger partial charge in [-0.05, 0) is 18.9 Å². The van der Waals surface area contributed by atoms with Gasteiger partial charge >= 0.3 is 0 Å². The van der Waals surface area contributed by atoms with Crippen molar-refractivity contribution < 1.29 is 0 Å². The lowest BCUT2D eigenvalue weighted by Crippen LogP contribution is -2.23. The zero-order valence-electron chi connectivity index (χ0n) is 6.13. The van der Waals surface area contributed by atoms with Gasteiger partial charge in [-0.1, -0.05) is 6.07 Å². The Bertz CT molecular complexity index is 325. The van der Waals surface area contributed by atoms with Crippen molar-refractivity contribution in [2.75, 3.05) is 0 Å². The predicted molar refractivity (Wildman–Crippen MR) is 42.2 cm³/mol. The van der Waals surface area contributed by atoms with Crippen molar-refractivity contribution in [2.45, 2.75) is 18.4 Å². The van der Waals surface area contributed by atoms with Gasteiger partial charge in [-0.2, -0.15) is 0 Å². The molecular formula is C8H10N2O. The van der Waals surface area contributed by atoms with Crippen molar-refractivity contribution in [2.24, 2.45) is 5.73 Å². The average molecular weight is 150 g/mol. The maximum atomic E-state index is 10.9. The first-order valence-electron chi connectivity index (χ1n) is 3.69. The molecule has 1 heterocycles. The van der Waals surface area contributed by atoms with Crippen LogP contribution in [-0.2, 0) is 5.54 Å². The van der Waals surface area contributed by atoms with E-state index < -0.39 is 0 Å². The van der Waals surface area contributed by atoms with Crippen molar-refractivity contribution in [3.63, 3.8) is 0 Å². The molecule has 1 fully saturated rings. The van der Waals surface area contributed by atoms with Crippen LogP contribution in [0.2, 0.25) is 0 Å². The zero-order chi connectivity index (χ0) is 7.90. The number of H-pyrrole nitrogens is 1. The number of aromatic nitrogens is 1. The zero-order valence-corrected chi connectivity index (χ0v) is 6.13. The summed E-state index contributed by atoms with van der Waals surface area (Å²) in [6, 6.07) is 5.10. The summed E-state index contributed by atoms with van der Waals surface area (Å²) in [5.74, 6) is 0. The first kappa shape index (κ1) is 6.61. The summed E-state index contributed by atoms with van der Waals surface area (Å²) in [6.45, 7) is 0. The van der Waals surface area contributed by atoms with Crippen LogP contribution in [-0.4, -0.2) is 4.98 Å². The fraction of sp³-hybridized carbons (Fsp3) is 0.375. The molecule has 3 N–H and O–H groups in total. The SMILES string of the molecule is NC1(c2cccc(=O)[nH]2)CC1. The Kier molecular flexibility index (Phi) is 1.17. The Labute approximate surface area is 64.2 Å². The van der Waals surface area contributed by atoms with Gasteiger partial charge in [-0.3, -0.25) is 4.79 Å². The minimum atomic E-state index is -0.222. The third-order valence-corrected chi connectivity index (χ3v) is 2.09. The fourth-order valence-electron chi connectivity index (χ4n) is 1.14. The normalized spacial score (nSPS) is 19.7. The van der Waals surface area contributed by atoms with Crippen LogP contribution >= 0.6 is 0 Å². The van der Waals surface area contributed by atoms with Crippen LogP contribution in [0.3, 0.4) is 0 Å². The quantitative estimate of drug-likeness (QED) is 0.605. The van der Waals surface area contributed by atoms with E-state index >= 15 is 0 Å². The van der Waals surface area contributed by atoms with E-state index in [1.165, 1.54) is 6.07 Å². The molecule has 1 aliphatic rings. The lowest BCUT2D eigenvalue weighted by atomic mass is 10.2. The molecule has 1 aromatic rings. The number of nitrogens with one attached hydrogen (secondary N) is 1. The van der Waals surface area contributed by atoms with Crippen LogP contribution in [0.4, 0.5) is 0 Å². The maximum absolute atomic E-state index is 10.9. The highest BCUT2D eigenvalue weighted by Gasteiger charge is 2.40. The third-order valence-electron chi connectivity index (χ3n) is 2.09. The predicted octanol–water partition coefficient (Wildman–Crippen LogP) is 0.323. The van der Waals surface area contributed by atoms with Crippen molar-refractivity contribution in [3.05, 3.63) is 34.2 Å². The lowest BCUT2D eigenvalue weighted by Gasteiger charge is -2.06. The van der Waals surface area contributed by atoms with Crippen LogP contribution in [0.15, 0.2) is 23.0 Å². The Morgan fingerprint density at radius 3 is 2.73 bits per heavy atom. The molecular weight excluding hydrogens is 140 g/mol. The molecule has 0 radical (unpaired) electrons. The van der Waals surface area contributed by atoms with Gasteiger partial charge in [0.1, 0.15) is 0 Å². The van der Waals surface area contributed by atoms with Gasteiger partial charge < -0.3 is 10.7 Å². The van der Waals surface area contributed by atoms with Gasteiger partial charge in [0.25, 0.3) is 0 Å². The summed E-state index contributed by atoms with van der Waals surface area (Å²) in [5, 5.41) is 0. The van der Waals surface area contributed by atoms with E-state index in [-0.39, 0.29) is 11.1 Å². The lowest BCUT2D eigenvalue weighted by molar-refractivity contribution is 0.704. The summed E-state index contributed by atoms with van der Waals surface area (Å²) >= 11 is 0. The molecule has 58 valence electrons. The Morgan fingerprint density at radius 1 is 1.45 bits per heavy atom. The highest BCUT2D eigenvalue weighted by Crippen LogP contribution is 2.40. The minimum absolute atomic E-state index is 0.0702. The summed E-state index contributed by atoms with van der Waals surface area (Å²) in [5.41, 5.74) is 6.44. The second kappa shape index (κ2) is 1.95. The van der Waals surface area contributed by atoms with Crippen molar-refractivity contribution in [1.82, 2.24) is 4.98 Å². The molecule has 0 aromatic carbocycles. The van der Waals surface area contributed by atoms with E-state index in [0.29, 0.717) is 0 Å². The topological polar surface area (TPSA) is 58.9 Å². The van der Waals surface area contributed by atoms with Crippen LogP contribution in [0.1, 0.15) is 18.5 Å². The molecule has 2 rings (SSSR count). The molecule has 0 aliphatic heterocycles. The number of aromatic amines is 1. The number of rotatable bonds is 1. The van der Waals surface area contributed by atoms with Crippen molar-refractivity contribution >= 4 is 0 Å². The third kappa shape index (κ3) is 1.07. The molecule has 0 saturated heterocycles. The van der Waals surface area contributed by atoms with Gasteiger partial charge in [-0.15, -0.1) is 0 Å². The molecule has 11 heavy (non-hydrogen) atoms. The van der Waals surface area contributed by atoms with Crippen LogP contribution in [0.5, 0.6) is 0 Å². The van der Waals surface area contributed by atoms with E-state index in [1.54, 1.807) is 6.07 Å². The highest BCUT2D eigenvalue weighted by molar-refractivity contribution is 5.21. The van der Waals surface area contributed by atoms with E-state index in [1.807, 2.05) is 6.07 Å². The standard InChI is InChI=1S/C8H10N2O/c9-8(4-5-8)6-2-1-3-7(11)10-6/h1-3H,4-5,9H2,(H,10,11). The fourth-order valence-corrected chi connectivity index (χ4v) is 1.14. The molecule has 0 atom stereocenters. The molecule has 0 bridgehead atoms. The number of pyridine rings is 1. The largest absolute Gasteiger partial charge is 0.324 e. The van der Waals surface area contributed by atoms with Crippen LogP contribution in [0.25, 0.3) is 0 Å². The van der Waals surface area contributed by atoms with Gasteiger partial charge in [-0.25, -0.2) is 0 Å². The van der Waals surface area contributed by atoms with Crippen LogP contribution < -0.4 is 11.3 Å². The molecule has 0 amide bonds. The summed E-state index contributed by atoms with van der Waals surface area (Å²) in [6.07, 6.45) is 1.96. The molecule has 0 unspecified atom stereocenters. The molecule has 1 aliphatic carbocycles. The van der Waals surface area contributed by atoms with E-state index in [9.17, 15) is 4.79 Å². The molecule has 1 aromatic heterocycles. The summed E-state index contributed by atoms with van der Waals surface area (Å²) < 4.78 is 0. The molecule has 3 nitrogen and oxygen atoms in total. The van der Waals surface area contributed by atoms with E-state index in [4.69, 9.17) is 5.73 Å². The Balaban J connectivity index is 2.46. The average Bonchev–Trinajstić information content (AvgIpc) is 2.70. The molecule has 1 saturated carbocycles. The second-order valence-corrected chi connectivity index (χ2v) is 3.08. The Hall–Kier alpha value is -1.09. The first-order valence-corrected chi connectivity index (χ1v) is 3.69. The van der Waals surface area contributed by atoms with Gasteiger partial charge in [0.2, 0.25) is 5.56 Å². The monoisotopic (exact) mass is 150 g/mol. The molecule has 0 spiro atoms. The van der Waals surface area contributed by atoms with Gasteiger partial charge in [0.05, 0.1) is 5.54 Å². The highest BCUT2D eigenvalue weighted by atomic mass is 16.1. The number of hydrogen-bond donors (Lipinski definition) is 2. The van der Waals surface area contributed by atoms with Gasteiger partial charge in [0.15, 0.2) is 0 Å². The summed E-state index contributed by atoms with van der Waals surface area (Å²) in [7, 11) is 0. The minimum Gasteiger partial charge on any atom is -0.324 e. The van der Waals surface area contributed by atoms with E-state index in [2.05, 4.69) is 4.98 Å². The van der Waals surface area contributed by atoms with Crippen molar-refractivity contribution in [3.8, 4) is 0 Å². The van der Waals surface area contributed by atoms with Gasteiger partial charge in [0, 0.05) is 11.8 Å². The summed E-state index contributed by atoms with van der Waals surface area (Å²) in [4.78, 5) is 13.6. The van der Waals surface area contributed by atoms with E-state index in [0.717, 1.165) is 18.5 Å². The number of hydrogen-bond acceptors (Lipinski definition) is 2. The Morgan fingerprint density at radius 2 is 2.18 bits per heavy atom. The second-order valence-electron chi connectivity index (χ2n) is 3.08. The maximum Gasteiger partial charge on any atom is 0.248 e. The van der Waals surface area contributed by atoms with Crippen LogP contribution in [0, 0.1) is 0 Å². The first-order chi connectivity index (χ1) is 5.21.